The smallest absolute Gasteiger partial charge is 0.242 e. The molecule has 29 heavy (non-hydrogen) atoms. The minimum atomic E-state index is -3.41. The average molecular weight is 419 g/mol. The SMILES string of the molecule is CN(C)S(=O)(=O)c1ccc(OCCN2CCC(C(O)c3ccccc3)CC2)cc1. The Balaban J connectivity index is 1.42. The van der Waals surface area contributed by atoms with Crippen molar-refractivity contribution in [2.45, 2.75) is 23.8 Å². The van der Waals surface area contributed by atoms with Gasteiger partial charge in [-0.3, -0.25) is 4.90 Å². The zero-order valence-electron chi connectivity index (χ0n) is 17.1. The van der Waals surface area contributed by atoms with Crippen molar-refractivity contribution in [2.75, 3.05) is 40.3 Å². The van der Waals surface area contributed by atoms with Crippen LogP contribution in [0.3, 0.4) is 0 Å². The second kappa shape index (κ2) is 9.71. The van der Waals surface area contributed by atoms with Crippen molar-refractivity contribution < 1.29 is 18.3 Å². The molecule has 6 nitrogen and oxygen atoms in total. The molecule has 1 N–H and O–H groups in total. The van der Waals surface area contributed by atoms with Crippen LogP contribution in [0.4, 0.5) is 0 Å². The van der Waals surface area contributed by atoms with Crippen LogP contribution in [0.2, 0.25) is 0 Å². The van der Waals surface area contributed by atoms with E-state index in [0.29, 0.717) is 18.3 Å². The van der Waals surface area contributed by atoms with Gasteiger partial charge in [0.05, 0.1) is 11.0 Å². The van der Waals surface area contributed by atoms with Crippen LogP contribution in [0.15, 0.2) is 59.5 Å². The van der Waals surface area contributed by atoms with E-state index in [-0.39, 0.29) is 4.90 Å². The van der Waals surface area contributed by atoms with Crippen LogP contribution >= 0.6 is 0 Å². The summed E-state index contributed by atoms with van der Waals surface area (Å²) in [6, 6.07) is 16.4. The summed E-state index contributed by atoms with van der Waals surface area (Å²) in [6.45, 7) is 3.24. The van der Waals surface area contributed by atoms with Crippen molar-refractivity contribution in [2.24, 2.45) is 5.92 Å². The van der Waals surface area contributed by atoms with E-state index in [2.05, 4.69) is 4.90 Å². The van der Waals surface area contributed by atoms with Gasteiger partial charge >= 0.3 is 0 Å². The highest BCUT2D eigenvalue weighted by molar-refractivity contribution is 7.89. The van der Waals surface area contributed by atoms with Crippen molar-refractivity contribution >= 4 is 10.0 Å². The molecule has 0 radical (unpaired) electrons. The zero-order chi connectivity index (χ0) is 20.9. The van der Waals surface area contributed by atoms with Gasteiger partial charge in [0.2, 0.25) is 10.0 Å². The van der Waals surface area contributed by atoms with Crippen molar-refractivity contribution in [3.63, 3.8) is 0 Å². The highest BCUT2D eigenvalue weighted by Crippen LogP contribution is 2.30. The predicted molar refractivity (Wildman–Crippen MR) is 113 cm³/mol. The lowest BCUT2D eigenvalue weighted by Gasteiger charge is -2.34. The minimum absolute atomic E-state index is 0.258. The summed E-state index contributed by atoms with van der Waals surface area (Å²) >= 11 is 0. The van der Waals surface area contributed by atoms with E-state index in [9.17, 15) is 13.5 Å². The molecule has 1 fully saturated rings. The van der Waals surface area contributed by atoms with E-state index in [0.717, 1.165) is 38.0 Å². The summed E-state index contributed by atoms with van der Waals surface area (Å²) in [4.78, 5) is 2.60. The molecule has 1 saturated heterocycles. The lowest BCUT2D eigenvalue weighted by atomic mass is 9.87. The Morgan fingerprint density at radius 2 is 1.69 bits per heavy atom. The number of likely N-dealkylation sites (tertiary alicyclic amines) is 1. The normalized spacial score (nSPS) is 17.4. The van der Waals surface area contributed by atoms with Gasteiger partial charge in [-0.2, -0.15) is 0 Å². The van der Waals surface area contributed by atoms with Crippen LogP contribution in [0, 0.1) is 5.92 Å². The molecule has 2 aromatic rings. The molecule has 1 atom stereocenters. The van der Waals surface area contributed by atoms with Gasteiger partial charge in [-0.05, 0) is 61.7 Å². The summed E-state index contributed by atoms with van der Waals surface area (Å²) in [5.41, 5.74) is 0.994. The van der Waals surface area contributed by atoms with Crippen LogP contribution in [0.5, 0.6) is 5.75 Å². The Morgan fingerprint density at radius 1 is 1.07 bits per heavy atom. The quantitative estimate of drug-likeness (QED) is 0.714. The number of hydrogen-bond acceptors (Lipinski definition) is 5. The third kappa shape index (κ3) is 5.57. The summed E-state index contributed by atoms with van der Waals surface area (Å²) in [6.07, 6.45) is 1.53. The van der Waals surface area contributed by atoms with Crippen LogP contribution in [-0.2, 0) is 10.0 Å². The molecule has 1 unspecified atom stereocenters. The van der Waals surface area contributed by atoms with E-state index < -0.39 is 16.1 Å². The maximum Gasteiger partial charge on any atom is 0.242 e. The standard InChI is InChI=1S/C22H30N2O4S/c1-23(2)29(26,27)21-10-8-20(9-11-21)28-17-16-24-14-12-19(13-15-24)22(25)18-6-4-3-5-7-18/h3-11,19,22,25H,12-17H2,1-2H3. The van der Waals surface area contributed by atoms with Gasteiger partial charge in [-0.15, -0.1) is 0 Å². The maximum atomic E-state index is 12.1. The number of hydrogen-bond donors (Lipinski definition) is 1. The fourth-order valence-electron chi connectivity index (χ4n) is 3.63. The molecule has 0 saturated carbocycles. The van der Waals surface area contributed by atoms with Crippen molar-refractivity contribution in [1.82, 2.24) is 9.21 Å². The Morgan fingerprint density at radius 3 is 2.28 bits per heavy atom. The maximum absolute atomic E-state index is 12.1. The Kier molecular flexibility index (Phi) is 7.29. The molecule has 0 bridgehead atoms. The van der Waals surface area contributed by atoms with E-state index in [1.54, 1.807) is 24.3 Å². The molecule has 3 rings (SSSR count). The summed E-state index contributed by atoms with van der Waals surface area (Å²) in [5.74, 6) is 0.956. The molecule has 2 aromatic carbocycles. The third-order valence-corrected chi connectivity index (χ3v) is 7.33. The number of piperidine rings is 1. The number of aliphatic hydroxyl groups is 1. The number of sulfonamides is 1. The predicted octanol–water partition coefficient (Wildman–Crippen LogP) is 2.76. The van der Waals surface area contributed by atoms with Gasteiger partial charge in [0.1, 0.15) is 12.4 Å². The molecular weight excluding hydrogens is 388 g/mol. The van der Waals surface area contributed by atoms with Gasteiger partial charge in [0.25, 0.3) is 0 Å². The largest absolute Gasteiger partial charge is 0.492 e. The number of rotatable bonds is 8. The van der Waals surface area contributed by atoms with Crippen LogP contribution in [-0.4, -0.2) is 63.1 Å². The molecule has 0 spiro atoms. The first-order chi connectivity index (χ1) is 13.9. The first-order valence-corrected chi connectivity index (χ1v) is 11.4. The monoisotopic (exact) mass is 418 g/mol. The highest BCUT2D eigenvalue weighted by atomic mass is 32.2. The van der Waals surface area contributed by atoms with Gasteiger partial charge in [0.15, 0.2) is 0 Å². The Labute approximate surface area is 173 Å². The molecule has 1 aliphatic heterocycles. The summed E-state index contributed by atoms with van der Waals surface area (Å²) < 4.78 is 31.2. The minimum Gasteiger partial charge on any atom is -0.492 e. The molecule has 0 aromatic heterocycles. The summed E-state index contributed by atoms with van der Waals surface area (Å²) in [5, 5.41) is 10.6. The molecule has 1 heterocycles. The van der Waals surface area contributed by atoms with E-state index >= 15 is 0 Å². The zero-order valence-corrected chi connectivity index (χ0v) is 17.9. The average Bonchev–Trinajstić information content (AvgIpc) is 2.74. The Hall–Kier alpha value is -1.93. The second-order valence-electron chi connectivity index (χ2n) is 7.64. The first-order valence-electron chi connectivity index (χ1n) is 9.98. The van der Waals surface area contributed by atoms with Crippen molar-refractivity contribution in [1.29, 1.82) is 0 Å². The number of benzene rings is 2. The molecule has 0 amide bonds. The van der Waals surface area contributed by atoms with Crippen LogP contribution in [0.1, 0.15) is 24.5 Å². The van der Waals surface area contributed by atoms with Crippen LogP contribution < -0.4 is 4.74 Å². The van der Waals surface area contributed by atoms with E-state index in [4.69, 9.17) is 4.74 Å². The lowest BCUT2D eigenvalue weighted by molar-refractivity contribution is 0.0550. The second-order valence-corrected chi connectivity index (χ2v) is 9.79. The summed E-state index contributed by atoms with van der Waals surface area (Å²) in [7, 11) is -0.383. The van der Waals surface area contributed by atoms with Crippen molar-refractivity contribution in [3.05, 3.63) is 60.2 Å². The van der Waals surface area contributed by atoms with Crippen LogP contribution in [0.25, 0.3) is 0 Å². The molecule has 158 valence electrons. The molecular formula is C22H30N2O4S. The fourth-order valence-corrected chi connectivity index (χ4v) is 4.53. The fraction of sp³-hybridized carbons (Fsp3) is 0.455. The third-order valence-electron chi connectivity index (χ3n) is 5.50. The van der Waals surface area contributed by atoms with E-state index in [1.165, 1.54) is 18.4 Å². The lowest BCUT2D eigenvalue weighted by Crippen LogP contribution is -2.38. The van der Waals surface area contributed by atoms with Crippen molar-refractivity contribution in [3.8, 4) is 5.75 Å². The highest BCUT2D eigenvalue weighted by Gasteiger charge is 2.26. The number of nitrogens with zero attached hydrogens (tertiary/aromatic N) is 2. The van der Waals surface area contributed by atoms with Gasteiger partial charge in [-0.25, -0.2) is 12.7 Å². The number of ether oxygens (including phenoxy) is 1. The Bertz CT molecular complexity index is 861. The van der Waals surface area contributed by atoms with E-state index in [1.807, 2.05) is 30.3 Å². The molecule has 0 aliphatic carbocycles. The van der Waals surface area contributed by atoms with Gasteiger partial charge in [0, 0.05) is 20.6 Å². The topological polar surface area (TPSA) is 70.1 Å². The molecule has 7 heteroatoms. The van der Waals surface area contributed by atoms with Gasteiger partial charge < -0.3 is 9.84 Å². The molecule has 1 aliphatic rings. The van der Waals surface area contributed by atoms with Gasteiger partial charge in [-0.1, -0.05) is 30.3 Å². The first kappa shape index (κ1) is 21.8. The number of aliphatic hydroxyl groups excluding tert-OH is 1.